The van der Waals surface area contributed by atoms with Crippen LogP contribution in [0.5, 0.6) is 0 Å². The van der Waals surface area contributed by atoms with Gasteiger partial charge in [-0.2, -0.15) is 0 Å². The van der Waals surface area contributed by atoms with E-state index < -0.39 is 6.10 Å². The summed E-state index contributed by atoms with van der Waals surface area (Å²) in [7, 11) is 0. The van der Waals surface area contributed by atoms with Crippen molar-refractivity contribution in [1.82, 2.24) is 0 Å². The smallest absolute Gasteiger partial charge is 0.306 e. The molecule has 1 atom stereocenters. The van der Waals surface area contributed by atoms with Crippen molar-refractivity contribution in [2.24, 2.45) is 0 Å². The monoisotopic (exact) mass is 801 g/mol. The standard InChI is InChI=1S/C51H92O6/c1-4-7-10-13-16-19-22-24-25-27-30-33-36-39-42-45-51(54)57-48(46-55-49(52)43-40-37-34-31-28-21-18-15-12-9-6-3)47-56-50(53)44-41-38-35-32-29-26-23-20-17-14-11-8-5-2/h15,18,20,23-25,48H,4-14,16-17,19,21-22,26-47H2,1-3H3/b18-15-,23-20-,25-24-/t48-/m0/s1. The van der Waals surface area contributed by atoms with Gasteiger partial charge >= 0.3 is 17.9 Å². The fraction of sp³-hybridized carbons (Fsp3) is 0.824. The SMILES string of the molecule is CCCC/C=C\CCCCCCCC(=O)OC[C@@H](COC(=O)CCCCCCC/C=C\CCCCCC)OC(=O)CCCCCCC/C=C\CCCCCCCC. The molecule has 0 spiro atoms. The third kappa shape index (κ3) is 44.6. The van der Waals surface area contributed by atoms with Crippen molar-refractivity contribution in [3.8, 4) is 0 Å². The van der Waals surface area contributed by atoms with E-state index in [1.54, 1.807) is 0 Å². The molecular formula is C51H92O6. The van der Waals surface area contributed by atoms with E-state index in [1.807, 2.05) is 0 Å². The number of esters is 3. The Morgan fingerprint density at radius 2 is 0.596 bits per heavy atom. The number of rotatable bonds is 44. The number of unbranched alkanes of at least 4 members (excludes halogenated alkanes) is 27. The molecule has 0 fully saturated rings. The molecule has 6 heteroatoms. The lowest BCUT2D eigenvalue weighted by molar-refractivity contribution is -0.167. The number of allylic oxidation sites excluding steroid dienone is 6. The molecule has 0 aromatic rings. The molecular weight excluding hydrogens is 709 g/mol. The number of hydrogen-bond donors (Lipinski definition) is 0. The molecule has 0 amide bonds. The van der Waals surface area contributed by atoms with Crippen molar-refractivity contribution >= 4 is 17.9 Å². The Balaban J connectivity index is 4.39. The summed E-state index contributed by atoms with van der Waals surface area (Å²) >= 11 is 0. The molecule has 0 aromatic carbocycles. The summed E-state index contributed by atoms with van der Waals surface area (Å²) in [5.74, 6) is -0.903. The van der Waals surface area contributed by atoms with E-state index in [2.05, 4.69) is 57.2 Å². The number of ether oxygens (including phenoxy) is 3. The largest absolute Gasteiger partial charge is 0.462 e. The average Bonchev–Trinajstić information content (AvgIpc) is 3.21. The molecule has 0 unspecified atom stereocenters. The van der Waals surface area contributed by atoms with E-state index in [9.17, 15) is 14.4 Å². The Bertz CT molecular complexity index is 969. The lowest BCUT2D eigenvalue weighted by Gasteiger charge is -2.18. The third-order valence-electron chi connectivity index (χ3n) is 10.6. The molecule has 0 bridgehead atoms. The fourth-order valence-corrected chi connectivity index (χ4v) is 6.82. The van der Waals surface area contributed by atoms with E-state index in [1.165, 1.54) is 128 Å². The average molecular weight is 801 g/mol. The van der Waals surface area contributed by atoms with Crippen LogP contribution in [0.1, 0.15) is 252 Å². The van der Waals surface area contributed by atoms with Crippen LogP contribution in [0.15, 0.2) is 36.5 Å². The van der Waals surface area contributed by atoms with Gasteiger partial charge in [0, 0.05) is 19.3 Å². The van der Waals surface area contributed by atoms with Crippen LogP contribution >= 0.6 is 0 Å². The third-order valence-corrected chi connectivity index (χ3v) is 10.6. The molecule has 0 aliphatic carbocycles. The number of hydrogen-bond acceptors (Lipinski definition) is 6. The Morgan fingerprint density at radius 3 is 0.947 bits per heavy atom. The van der Waals surface area contributed by atoms with Crippen LogP contribution in [-0.2, 0) is 28.6 Å². The Morgan fingerprint density at radius 1 is 0.333 bits per heavy atom. The first-order valence-corrected chi connectivity index (χ1v) is 24.5. The van der Waals surface area contributed by atoms with E-state index in [0.717, 1.165) is 83.5 Å². The molecule has 0 radical (unpaired) electrons. The van der Waals surface area contributed by atoms with Crippen molar-refractivity contribution in [2.45, 2.75) is 258 Å². The van der Waals surface area contributed by atoms with Crippen molar-refractivity contribution < 1.29 is 28.6 Å². The van der Waals surface area contributed by atoms with Crippen LogP contribution in [-0.4, -0.2) is 37.2 Å². The van der Waals surface area contributed by atoms with Crippen molar-refractivity contribution in [3.05, 3.63) is 36.5 Å². The van der Waals surface area contributed by atoms with Crippen molar-refractivity contribution in [2.75, 3.05) is 13.2 Å². The van der Waals surface area contributed by atoms with E-state index >= 15 is 0 Å². The Kier molecular flexibility index (Phi) is 44.4. The summed E-state index contributed by atoms with van der Waals surface area (Å²) in [6.07, 6.45) is 52.6. The first-order valence-electron chi connectivity index (χ1n) is 24.5. The summed E-state index contributed by atoms with van der Waals surface area (Å²) in [4.78, 5) is 37.8. The summed E-state index contributed by atoms with van der Waals surface area (Å²) in [6.45, 7) is 6.56. The van der Waals surface area contributed by atoms with Gasteiger partial charge in [-0.1, -0.05) is 179 Å². The highest BCUT2D eigenvalue weighted by atomic mass is 16.6. The minimum atomic E-state index is -0.779. The minimum Gasteiger partial charge on any atom is -0.462 e. The molecule has 0 aliphatic heterocycles. The molecule has 0 heterocycles. The molecule has 0 saturated heterocycles. The van der Waals surface area contributed by atoms with Crippen molar-refractivity contribution in [1.29, 1.82) is 0 Å². The highest BCUT2D eigenvalue weighted by Crippen LogP contribution is 2.14. The van der Waals surface area contributed by atoms with Crippen LogP contribution in [0.25, 0.3) is 0 Å². The zero-order chi connectivity index (χ0) is 41.5. The van der Waals surface area contributed by atoms with Gasteiger partial charge in [0.2, 0.25) is 0 Å². The van der Waals surface area contributed by atoms with Crippen LogP contribution in [0, 0.1) is 0 Å². The van der Waals surface area contributed by atoms with Gasteiger partial charge < -0.3 is 14.2 Å². The number of carbonyl (C=O) groups excluding carboxylic acids is 3. The second-order valence-electron chi connectivity index (χ2n) is 16.4. The molecule has 6 nitrogen and oxygen atoms in total. The predicted octanol–water partition coefficient (Wildman–Crippen LogP) is 15.8. The molecule has 0 aliphatic rings. The van der Waals surface area contributed by atoms with Crippen molar-refractivity contribution in [3.63, 3.8) is 0 Å². The van der Waals surface area contributed by atoms with E-state index in [0.29, 0.717) is 19.3 Å². The summed E-state index contributed by atoms with van der Waals surface area (Å²) in [5, 5.41) is 0. The lowest BCUT2D eigenvalue weighted by Crippen LogP contribution is -2.30. The van der Waals surface area contributed by atoms with Crippen LogP contribution in [0.2, 0.25) is 0 Å². The maximum Gasteiger partial charge on any atom is 0.306 e. The van der Waals surface area contributed by atoms with E-state index in [-0.39, 0.29) is 31.1 Å². The quantitative estimate of drug-likeness (QED) is 0.0264. The highest BCUT2D eigenvalue weighted by molar-refractivity contribution is 5.71. The van der Waals surface area contributed by atoms with Gasteiger partial charge in [0.1, 0.15) is 13.2 Å². The van der Waals surface area contributed by atoms with Gasteiger partial charge in [-0.05, 0) is 89.9 Å². The van der Waals surface area contributed by atoms with Crippen LogP contribution in [0.4, 0.5) is 0 Å². The Hall–Kier alpha value is -2.37. The van der Waals surface area contributed by atoms with Crippen LogP contribution in [0.3, 0.4) is 0 Å². The van der Waals surface area contributed by atoms with Gasteiger partial charge in [0.05, 0.1) is 0 Å². The first-order chi connectivity index (χ1) is 28.0. The maximum absolute atomic E-state index is 12.7. The van der Waals surface area contributed by atoms with Gasteiger partial charge in [-0.15, -0.1) is 0 Å². The van der Waals surface area contributed by atoms with Gasteiger partial charge in [0.15, 0.2) is 6.10 Å². The molecule has 57 heavy (non-hydrogen) atoms. The van der Waals surface area contributed by atoms with Gasteiger partial charge in [-0.3, -0.25) is 14.4 Å². The predicted molar refractivity (Wildman–Crippen MR) is 242 cm³/mol. The molecule has 332 valence electrons. The summed E-state index contributed by atoms with van der Waals surface area (Å²) < 4.78 is 16.7. The molecule has 0 N–H and O–H groups in total. The normalized spacial score (nSPS) is 12.3. The zero-order valence-electron chi connectivity index (χ0n) is 37.9. The van der Waals surface area contributed by atoms with Crippen LogP contribution < -0.4 is 0 Å². The second-order valence-corrected chi connectivity index (χ2v) is 16.4. The Labute approximate surface area is 353 Å². The zero-order valence-corrected chi connectivity index (χ0v) is 37.9. The minimum absolute atomic E-state index is 0.0815. The summed E-state index contributed by atoms with van der Waals surface area (Å²) in [5.41, 5.74) is 0. The summed E-state index contributed by atoms with van der Waals surface area (Å²) in [6, 6.07) is 0. The van der Waals surface area contributed by atoms with E-state index in [4.69, 9.17) is 14.2 Å². The molecule has 0 saturated carbocycles. The first kappa shape index (κ1) is 54.6. The fourth-order valence-electron chi connectivity index (χ4n) is 6.82. The highest BCUT2D eigenvalue weighted by Gasteiger charge is 2.19. The van der Waals surface area contributed by atoms with Gasteiger partial charge in [0.25, 0.3) is 0 Å². The molecule has 0 aromatic heterocycles. The lowest BCUT2D eigenvalue weighted by atomic mass is 10.1. The molecule has 0 rings (SSSR count). The topological polar surface area (TPSA) is 78.9 Å². The number of carbonyl (C=O) groups is 3. The maximum atomic E-state index is 12.7. The second kappa shape index (κ2) is 46.3. The van der Waals surface area contributed by atoms with Gasteiger partial charge in [-0.25, -0.2) is 0 Å².